The third kappa shape index (κ3) is 4.25. The minimum absolute atomic E-state index is 0.599. The molecule has 0 heterocycles. The van der Waals surface area contributed by atoms with Crippen molar-refractivity contribution < 1.29 is 4.74 Å². The van der Waals surface area contributed by atoms with Crippen LogP contribution in [0.2, 0.25) is 0 Å². The summed E-state index contributed by atoms with van der Waals surface area (Å²) in [5.74, 6) is 1.51. The predicted octanol–water partition coefficient (Wildman–Crippen LogP) is 5.00. The fraction of sp³-hybridized carbons (Fsp3) is 0.538. The maximum Gasteiger partial charge on any atom is 0.133 e. The monoisotopic (exact) mass is 272 g/mol. The molecule has 0 spiro atoms. The van der Waals surface area contributed by atoms with Crippen molar-refractivity contribution >= 4 is 15.9 Å². The molecule has 1 aromatic carbocycles. The van der Waals surface area contributed by atoms with Gasteiger partial charge in [-0.2, -0.15) is 0 Å². The Labute approximate surface area is 102 Å². The van der Waals surface area contributed by atoms with Gasteiger partial charge in [0.25, 0.3) is 0 Å². The Morgan fingerprint density at radius 1 is 1.33 bits per heavy atom. The van der Waals surface area contributed by atoms with Crippen LogP contribution in [0, 0.1) is 0 Å². The molecule has 0 amide bonds. The molecule has 0 fully saturated rings. The van der Waals surface area contributed by atoms with E-state index in [4.69, 9.17) is 4.74 Å². The van der Waals surface area contributed by atoms with E-state index in [1.54, 1.807) is 7.11 Å². The number of benzene rings is 1. The summed E-state index contributed by atoms with van der Waals surface area (Å²) in [5.41, 5.74) is 1.34. The maximum atomic E-state index is 5.23. The molecule has 2 heteroatoms. The number of hydrogen-bond acceptors (Lipinski definition) is 1. The van der Waals surface area contributed by atoms with Crippen molar-refractivity contribution in [2.24, 2.45) is 0 Å². The van der Waals surface area contributed by atoms with Gasteiger partial charge in [0.1, 0.15) is 5.75 Å². The predicted molar refractivity (Wildman–Crippen MR) is 70.7 cm³/mol. The van der Waals surface area contributed by atoms with Gasteiger partial charge in [0.2, 0.25) is 0 Å². The molecule has 0 aliphatic heterocycles. The minimum Gasteiger partial charge on any atom is -0.496 e. The van der Waals surface area contributed by atoms with Gasteiger partial charge in [-0.1, -0.05) is 33.8 Å². The second-order valence-corrected chi connectivity index (χ2v) is 4.06. The highest BCUT2D eigenvalue weighted by molar-refractivity contribution is 9.10. The van der Waals surface area contributed by atoms with Gasteiger partial charge in [-0.15, -0.1) is 0 Å². The van der Waals surface area contributed by atoms with Crippen LogP contribution in [-0.4, -0.2) is 7.11 Å². The van der Waals surface area contributed by atoms with Gasteiger partial charge in [0.05, 0.1) is 11.6 Å². The van der Waals surface area contributed by atoms with Crippen LogP contribution in [0.5, 0.6) is 5.75 Å². The van der Waals surface area contributed by atoms with E-state index in [-0.39, 0.29) is 0 Å². The molecule has 0 N–H and O–H groups in total. The molecular weight excluding hydrogens is 252 g/mol. The van der Waals surface area contributed by atoms with Crippen LogP contribution in [0.15, 0.2) is 22.7 Å². The molecule has 1 unspecified atom stereocenters. The summed E-state index contributed by atoms with van der Waals surface area (Å²) in [4.78, 5) is 0. The van der Waals surface area contributed by atoms with Gasteiger partial charge in [-0.3, -0.25) is 0 Å². The first kappa shape index (κ1) is 14.5. The molecule has 0 radical (unpaired) electrons. The summed E-state index contributed by atoms with van der Waals surface area (Å²) in [7, 11) is 1.69. The molecule has 1 atom stereocenters. The zero-order chi connectivity index (χ0) is 11.8. The van der Waals surface area contributed by atoms with Crippen molar-refractivity contribution in [2.75, 3.05) is 7.11 Å². The van der Waals surface area contributed by atoms with Gasteiger partial charge in [-0.25, -0.2) is 0 Å². The zero-order valence-corrected chi connectivity index (χ0v) is 11.9. The molecule has 15 heavy (non-hydrogen) atoms. The van der Waals surface area contributed by atoms with Gasteiger partial charge in [0, 0.05) is 0 Å². The topological polar surface area (TPSA) is 9.23 Å². The Balaban J connectivity index is 0.000000921. The second-order valence-electron chi connectivity index (χ2n) is 3.20. The third-order valence-electron chi connectivity index (χ3n) is 2.36. The normalized spacial score (nSPS) is 11.3. The number of ether oxygens (including phenoxy) is 1. The molecule has 1 aromatic rings. The standard InChI is InChI=1S/C11H15BrO.C2H6/c1-4-8(2)9-5-6-10(12)11(7-9)13-3;1-2/h5-8H,4H2,1-3H3;1-2H3. The Hall–Kier alpha value is -0.500. The highest BCUT2D eigenvalue weighted by Gasteiger charge is 2.06. The Kier molecular flexibility index (Phi) is 7.49. The zero-order valence-electron chi connectivity index (χ0n) is 10.3. The lowest BCUT2D eigenvalue weighted by Crippen LogP contribution is -1.93. The van der Waals surface area contributed by atoms with E-state index in [0.29, 0.717) is 5.92 Å². The van der Waals surface area contributed by atoms with Crippen LogP contribution in [-0.2, 0) is 0 Å². The summed E-state index contributed by atoms with van der Waals surface area (Å²) in [6.45, 7) is 8.42. The van der Waals surface area contributed by atoms with Gasteiger partial charge in [-0.05, 0) is 46.0 Å². The van der Waals surface area contributed by atoms with Crippen molar-refractivity contribution in [3.63, 3.8) is 0 Å². The number of halogens is 1. The van der Waals surface area contributed by atoms with Crippen molar-refractivity contribution in [1.29, 1.82) is 0 Å². The quantitative estimate of drug-likeness (QED) is 0.753. The molecule has 0 saturated heterocycles. The van der Waals surface area contributed by atoms with Crippen molar-refractivity contribution in [2.45, 2.75) is 40.0 Å². The van der Waals surface area contributed by atoms with E-state index >= 15 is 0 Å². The highest BCUT2D eigenvalue weighted by atomic mass is 79.9. The van der Waals surface area contributed by atoms with Gasteiger partial charge < -0.3 is 4.74 Å². The molecule has 0 aliphatic carbocycles. The van der Waals surface area contributed by atoms with E-state index in [9.17, 15) is 0 Å². The first-order chi connectivity index (χ1) is 7.19. The molecule has 86 valence electrons. The lowest BCUT2D eigenvalue weighted by atomic mass is 9.99. The van der Waals surface area contributed by atoms with Crippen LogP contribution in [0.3, 0.4) is 0 Å². The van der Waals surface area contributed by atoms with E-state index in [0.717, 1.165) is 16.6 Å². The molecule has 0 saturated carbocycles. The number of hydrogen-bond donors (Lipinski definition) is 0. The fourth-order valence-electron chi connectivity index (χ4n) is 1.22. The summed E-state index contributed by atoms with van der Waals surface area (Å²) in [6, 6.07) is 6.28. The highest BCUT2D eigenvalue weighted by Crippen LogP contribution is 2.29. The number of methoxy groups -OCH3 is 1. The average Bonchev–Trinajstić information content (AvgIpc) is 2.31. The lowest BCUT2D eigenvalue weighted by molar-refractivity contribution is 0.411. The molecule has 0 aliphatic rings. The average molecular weight is 273 g/mol. The van der Waals surface area contributed by atoms with Crippen LogP contribution < -0.4 is 4.74 Å². The van der Waals surface area contributed by atoms with Crippen molar-refractivity contribution in [3.05, 3.63) is 28.2 Å². The fourth-order valence-corrected chi connectivity index (χ4v) is 1.63. The van der Waals surface area contributed by atoms with Crippen LogP contribution in [0.25, 0.3) is 0 Å². The Morgan fingerprint density at radius 2 is 1.93 bits per heavy atom. The van der Waals surface area contributed by atoms with E-state index in [2.05, 4.69) is 41.9 Å². The minimum atomic E-state index is 0.599. The van der Waals surface area contributed by atoms with E-state index < -0.39 is 0 Å². The largest absolute Gasteiger partial charge is 0.496 e. The summed E-state index contributed by atoms with van der Waals surface area (Å²) < 4.78 is 6.25. The van der Waals surface area contributed by atoms with Gasteiger partial charge in [0.15, 0.2) is 0 Å². The Morgan fingerprint density at radius 3 is 2.40 bits per heavy atom. The van der Waals surface area contributed by atoms with Crippen LogP contribution in [0.4, 0.5) is 0 Å². The summed E-state index contributed by atoms with van der Waals surface area (Å²) in [6.07, 6.45) is 1.16. The molecule has 0 aromatic heterocycles. The van der Waals surface area contributed by atoms with E-state index in [1.807, 2.05) is 19.9 Å². The van der Waals surface area contributed by atoms with E-state index in [1.165, 1.54) is 5.56 Å². The van der Waals surface area contributed by atoms with Crippen LogP contribution in [0.1, 0.15) is 45.6 Å². The molecular formula is C13H21BrO. The summed E-state index contributed by atoms with van der Waals surface area (Å²) in [5, 5.41) is 0. The SMILES string of the molecule is CC.CCC(C)c1ccc(Br)c(OC)c1. The van der Waals surface area contributed by atoms with Crippen LogP contribution >= 0.6 is 15.9 Å². The first-order valence-corrected chi connectivity index (χ1v) is 6.31. The van der Waals surface area contributed by atoms with Crippen molar-refractivity contribution in [3.8, 4) is 5.75 Å². The van der Waals surface area contributed by atoms with Crippen molar-refractivity contribution in [1.82, 2.24) is 0 Å². The second kappa shape index (κ2) is 7.75. The summed E-state index contributed by atoms with van der Waals surface area (Å²) >= 11 is 3.44. The lowest BCUT2D eigenvalue weighted by Gasteiger charge is -2.11. The third-order valence-corrected chi connectivity index (χ3v) is 3.01. The number of rotatable bonds is 3. The molecule has 1 nitrogen and oxygen atoms in total. The smallest absolute Gasteiger partial charge is 0.133 e. The molecule has 0 bridgehead atoms. The maximum absolute atomic E-state index is 5.23. The first-order valence-electron chi connectivity index (χ1n) is 5.52. The molecule has 1 rings (SSSR count). The van der Waals surface area contributed by atoms with Gasteiger partial charge >= 0.3 is 0 Å². The Bertz CT molecular complexity index is 284.